The molecular weight excluding hydrogens is 458 g/mol. The number of furan rings is 1. The van der Waals surface area contributed by atoms with Crippen LogP contribution in [0.3, 0.4) is 0 Å². The summed E-state index contributed by atoms with van der Waals surface area (Å²) in [6.45, 7) is 3.15. The van der Waals surface area contributed by atoms with Crippen LogP contribution >= 0.6 is 23.5 Å². The van der Waals surface area contributed by atoms with E-state index in [1.165, 1.54) is 17.8 Å². The van der Waals surface area contributed by atoms with Gasteiger partial charge in [0.25, 0.3) is 10.0 Å². The van der Waals surface area contributed by atoms with Crippen LogP contribution in [0.2, 0.25) is 0 Å². The number of hydrogen-bond acceptors (Lipinski definition) is 9. The lowest BCUT2D eigenvalue weighted by molar-refractivity contribution is 0.0526. The summed E-state index contributed by atoms with van der Waals surface area (Å²) >= 11 is 2.90. The Kier molecular flexibility index (Phi) is 8.09. The quantitative estimate of drug-likeness (QED) is 0.429. The molecule has 0 fully saturated rings. The van der Waals surface area contributed by atoms with E-state index in [2.05, 4.69) is 9.71 Å². The number of fused-ring (bicyclic) bond motifs is 1. The number of ether oxygens (including phenoxy) is 1. The van der Waals surface area contributed by atoms with Crippen LogP contribution in [-0.4, -0.2) is 57.5 Å². The molecule has 0 radical (unpaired) electrons. The van der Waals surface area contributed by atoms with Crippen LogP contribution in [0.25, 0.3) is 0 Å². The molecule has 0 atom stereocenters. The first-order valence-electron chi connectivity index (χ1n) is 9.65. The third-order valence-electron chi connectivity index (χ3n) is 4.10. The number of benzene rings is 1. The maximum atomic E-state index is 12.6. The van der Waals surface area contributed by atoms with Crippen molar-refractivity contribution < 1.29 is 22.4 Å². The fourth-order valence-corrected chi connectivity index (χ4v) is 6.13. The molecular formula is C20H25N3O5S3. The molecule has 0 unspecified atom stereocenters. The van der Waals surface area contributed by atoms with Gasteiger partial charge in [0.15, 0.2) is 5.17 Å². The lowest BCUT2D eigenvalue weighted by Gasteiger charge is -2.19. The summed E-state index contributed by atoms with van der Waals surface area (Å²) in [6.07, 6.45) is 0. The molecule has 0 bridgehead atoms. The number of thioether (sulfide) groups is 2. The molecule has 0 aliphatic carbocycles. The highest BCUT2D eigenvalue weighted by molar-refractivity contribution is 8.16. The first-order chi connectivity index (χ1) is 14.8. The molecule has 2 aromatic rings. The summed E-state index contributed by atoms with van der Waals surface area (Å²) in [7, 11) is 0.192. The Labute approximate surface area is 190 Å². The molecule has 2 heterocycles. The van der Waals surface area contributed by atoms with Crippen molar-refractivity contribution in [2.24, 2.45) is 4.99 Å². The van der Waals surface area contributed by atoms with Gasteiger partial charge < -0.3 is 14.1 Å². The molecule has 1 aromatic heterocycles. The Morgan fingerprint density at radius 1 is 1.26 bits per heavy atom. The van der Waals surface area contributed by atoms with E-state index in [0.717, 1.165) is 29.6 Å². The highest BCUT2D eigenvalue weighted by Crippen LogP contribution is 2.32. The Bertz CT molecular complexity index is 1060. The topological polar surface area (TPSA) is 101 Å². The van der Waals surface area contributed by atoms with Gasteiger partial charge in [-0.1, -0.05) is 11.8 Å². The van der Waals surface area contributed by atoms with Crippen molar-refractivity contribution in [3.05, 3.63) is 47.4 Å². The van der Waals surface area contributed by atoms with Crippen molar-refractivity contribution in [3.63, 3.8) is 0 Å². The van der Waals surface area contributed by atoms with Crippen LogP contribution in [0.1, 0.15) is 28.8 Å². The second-order valence-electron chi connectivity index (χ2n) is 6.93. The maximum absolute atomic E-state index is 12.6. The van der Waals surface area contributed by atoms with Crippen molar-refractivity contribution >= 4 is 44.7 Å². The molecule has 8 nitrogen and oxygen atoms in total. The van der Waals surface area contributed by atoms with Gasteiger partial charge in [-0.15, -0.1) is 0 Å². The Balaban J connectivity index is 1.55. The second-order valence-corrected chi connectivity index (χ2v) is 10.7. The number of hydrogen-bond donors (Lipinski definition) is 1. The predicted molar refractivity (Wildman–Crippen MR) is 123 cm³/mol. The Morgan fingerprint density at radius 2 is 2.03 bits per heavy atom. The van der Waals surface area contributed by atoms with Gasteiger partial charge in [-0.05, 0) is 51.4 Å². The first kappa shape index (κ1) is 23.7. The monoisotopic (exact) mass is 483 g/mol. The van der Waals surface area contributed by atoms with E-state index in [4.69, 9.17) is 9.15 Å². The van der Waals surface area contributed by atoms with Crippen molar-refractivity contribution in [1.82, 2.24) is 9.62 Å². The molecule has 0 amide bonds. The van der Waals surface area contributed by atoms with Crippen LogP contribution in [0.4, 0.5) is 0 Å². The van der Waals surface area contributed by atoms with Crippen LogP contribution in [0, 0.1) is 0 Å². The number of esters is 1. The Morgan fingerprint density at radius 3 is 2.77 bits per heavy atom. The van der Waals surface area contributed by atoms with Gasteiger partial charge in [0.1, 0.15) is 16.4 Å². The minimum Gasteiger partial charge on any atom is -0.464 e. The Hall–Kier alpha value is -1.95. The van der Waals surface area contributed by atoms with Crippen LogP contribution in [0.15, 0.2) is 49.5 Å². The third-order valence-corrected chi connectivity index (χ3v) is 7.69. The van der Waals surface area contributed by atoms with Gasteiger partial charge in [0, 0.05) is 10.6 Å². The van der Waals surface area contributed by atoms with E-state index < -0.39 is 16.0 Å². The summed E-state index contributed by atoms with van der Waals surface area (Å²) < 4.78 is 38.4. The molecule has 1 aromatic carbocycles. The van der Waals surface area contributed by atoms with Gasteiger partial charge in [-0.2, -0.15) is 11.8 Å². The van der Waals surface area contributed by atoms with Gasteiger partial charge >= 0.3 is 5.97 Å². The number of rotatable bonds is 9. The van der Waals surface area contributed by atoms with Crippen molar-refractivity contribution in [1.29, 1.82) is 0 Å². The molecule has 0 saturated heterocycles. The maximum Gasteiger partial charge on any atom is 0.338 e. The highest BCUT2D eigenvalue weighted by Gasteiger charge is 2.28. The molecule has 3 rings (SSSR count). The molecule has 1 N–H and O–H groups in total. The molecule has 0 saturated carbocycles. The number of sulfonamides is 1. The van der Waals surface area contributed by atoms with E-state index in [1.807, 2.05) is 31.1 Å². The minimum absolute atomic E-state index is 0.0581. The van der Waals surface area contributed by atoms with Crippen molar-refractivity contribution in [2.75, 3.05) is 33.0 Å². The van der Waals surface area contributed by atoms with E-state index in [0.29, 0.717) is 16.6 Å². The molecule has 11 heteroatoms. The molecule has 1 aliphatic heterocycles. The van der Waals surface area contributed by atoms with Gasteiger partial charge in [0.2, 0.25) is 0 Å². The SMILES string of the molecule is CCOC(=O)c1ccc2c(c1)S(=O)(=O)NC(=NCCSCc1ccc(CN(C)C)o1)S2. The van der Waals surface area contributed by atoms with Crippen molar-refractivity contribution in [3.8, 4) is 0 Å². The number of nitrogens with one attached hydrogen (secondary N) is 1. The van der Waals surface area contributed by atoms with Gasteiger partial charge in [-0.3, -0.25) is 9.71 Å². The average Bonchev–Trinajstić information content (AvgIpc) is 3.13. The van der Waals surface area contributed by atoms with E-state index in [9.17, 15) is 13.2 Å². The third kappa shape index (κ3) is 6.52. The standard InChI is InChI=1S/C20H25N3O5S3/c1-4-27-19(24)14-5-8-17-18(11-14)31(25,26)22-20(30-17)21-9-10-29-13-16-7-6-15(28-16)12-23(2)3/h5-8,11H,4,9-10,12-13H2,1-3H3,(H,21,22). The van der Waals surface area contributed by atoms with Crippen molar-refractivity contribution in [2.45, 2.75) is 29.0 Å². The molecule has 31 heavy (non-hydrogen) atoms. The highest BCUT2D eigenvalue weighted by atomic mass is 32.2. The van der Waals surface area contributed by atoms with Crippen LogP contribution in [0.5, 0.6) is 0 Å². The minimum atomic E-state index is -3.79. The van der Waals surface area contributed by atoms with Crippen LogP contribution < -0.4 is 4.72 Å². The zero-order chi connectivity index (χ0) is 22.4. The number of carbonyl (C=O) groups is 1. The summed E-state index contributed by atoms with van der Waals surface area (Å²) in [5.41, 5.74) is 0.204. The van der Waals surface area contributed by atoms with Crippen LogP contribution in [-0.2, 0) is 27.1 Å². The van der Waals surface area contributed by atoms with Gasteiger partial charge in [0.05, 0.1) is 31.0 Å². The number of carbonyl (C=O) groups excluding carboxylic acids is 1. The zero-order valence-corrected chi connectivity index (χ0v) is 20.0. The predicted octanol–water partition coefficient (Wildman–Crippen LogP) is 3.19. The lowest BCUT2D eigenvalue weighted by Crippen LogP contribution is -2.33. The summed E-state index contributed by atoms with van der Waals surface area (Å²) in [6, 6.07) is 8.46. The number of aliphatic imine (C=N–C) groups is 1. The summed E-state index contributed by atoms with van der Waals surface area (Å²) in [4.78, 5) is 18.9. The first-order valence-corrected chi connectivity index (χ1v) is 13.1. The largest absolute Gasteiger partial charge is 0.464 e. The fraction of sp³-hybridized carbons (Fsp3) is 0.400. The summed E-state index contributed by atoms with van der Waals surface area (Å²) in [5, 5.41) is 0.322. The smallest absolute Gasteiger partial charge is 0.338 e. The fourth-order valence-electron chi connectivity index (χ4n) is 2.78. The van der Waals surface area contributed by atoms with E-state index in [1.54, 1.807) is 30.8 Å². The lowest BCUT2D eigenvalue weighted by atomic mass is 10.2. The number of amidine groups is 1. The number of nitrogens with zero attached hydrogens (tertiary/aromatic N) is 2. The molecule has 168 valence electrons. The molecule has 0 spiro atoms. The molecule has 1 aliphatic rings. The zero-order valence-electron chi connectivity index (χ0n) is 17.6. The van der Waals surface area contributed by atoms with E-state index in [-0.39, 0.29) is 17.1 Å². The van der Waals surface area contributed by atoms with E-state index >= 15 is 0 Å². The second kappa shape index (κ2) is 10.6. The summed E-state index contributed by atoms with van der Waals surface area (Å²) in [5.74, 6) is 2.75. The van der Waals surface area contributed by atoms with Gasteiger partial charge in [-0.25, -0.2) is 13.2 Å². The average molecular weight is 484 g/mol. The normalized spacial score (nSPS) is 16.2.